The van der Waals surface area contributed by atoms with Crippen LogP contribution < -0.4 is 11.1 Å². The molecule has 1 heterocycles. The van der Waals surface area contributed by atoms with Gasteiger partial charge in [-0.1, -0.05) is 0 Å². The molecule has 132 valence electrons. The highest BCUT2D eigenvalue weighted by atomic mass is 32.2. The van der Waals surface area contributed by atoms with Crippen molar-refractivity contribution in [3.8, 4) is 6.07 Å². The smallest absolute Gasteiger partial charge is 0.248 e. The normalized spacial score (nSPS) is 11.1. The maximum absolute atomic E-state index is 13.0. The van der Waals surface area contributed by atoms with Gasteiger partial charge in [0, 0.05) is 5.69 Å². The number of anilines is 3. The minimum Gasteiger partial charge on any atom is -0.368 e. The number of nitrogens with zero attached hydrogens (tertiary/aromatic N) is 3. The maximum atomic E-state index is 13.0. The maximum Gasteiger partial charge on any atom is 0.248 e. The molecule has 8 nitrogen and oxygen atoms in total. The van der Waals surface area contributed by atoms with Crippen LogP contribution in [0.25, 0.3) is 0 Å². The summed E-state index contributed by atoms with van der Waals surface area (Å²) in [7, 11) is -3.71. The van der Waals surface area contributed by atoms with E-state index in [0.717, 1.165) is 0 Å². The zero-order valence-electron chi connectivity index (χ0n) is 14.1. The Labute approximate surface area is 150 Å². The van der Waals surface area contributed by atoms with Gasteiger partial charge < -0.3 is 11.1 Å². The molecule has 9 heteroatoms. The molecular weight excluding hydrogens is 352 g/mol. The summed E-state index contributed by atoms with van der Waals surface area (Å²) in [6, 6.07) is 11.2. The Hall–Kier alpha value is -3.38. The van der Waals surface area contributed by atoms with E-state index in [2.05, 4.69) is 20.5 Å². The topological polar surface area (TPSA) is 138 Å². The Bertz CT molecular complexity index is 1090. The number of aromatic nitrogens is 3. The van der Waals surface area contributed by atoms with E-state index >= 15 is 0 Å². The van der Waals surface area contributed by atoms with Crippen molar-refractivity contribution < 1.29 is 8.42 Å². The van der Waals surface area contributed by atoms with Gasteiger partial charge in [0.25, 0.3) is 0 Å². The zero-order valence-corrected chi connectivity index (χ0v) is 14.9. The first-order valence-electron chi connectivity index (χ1n) is 7.62. The Kier molecular flexibility index (Phi) is 4.36. The molecule has 3 aromatic rings. The Morgan fingerprint density at radius 1 is 1.15 bits per heavy atom. The number of nitrogens with two attached hydrogens (primary N) is 1. The third-order valence-corrected chi connectivity index (χ3v) is 5.86. The number of hydrogen-bond donors (Lipinski definition) is 3. The van der Waals surface area contributed by atoms with Crippen molar-refractivity contribution in [2.75, 3.05) is 11.1 Å². The summed E-state index contributed by atoms with van der Waals surface area (Å²) in [6.45, 7) is 3.45. The van der Waals surface area contributed by atoms with Crippen LogP contribution in [0.1, 0.15) is 16.7 Å². The predicted octanol–water partition coefficient (Wildman–Crippen LogP) is 2.45. The fourth-order valence-electron chi connectivity index (χ4n) is 2.73. The minimum absolute atomic E-state index is 0.144. The number of rotatable bonds is 4. The van der Waals surface area contributed by atoms with Crippen LogP contribution in [0.3, 0.4) is 0 Å². The van der Waals surface area contributed by atoms with Crippen LogP contribution in [0.4, 0.5) is 17.6 Å². The molecule has 26 heavy (non-hydrogen) atoms. The number of hydrogen-bond acceptors (Lipinski definition) is 7. The lowest BCUT2D eigenvalue weighted by molar-refractivity contribution is 0.595. The SMILES string of the molecule is Cc1cc(Nc2n[nH]c(N)n2)cc(C)c1S(=O)(=O)c1ccc(C#N)cc1. The minimum atomic E-state index is -3.71. The average Bonchev–Trinajstić information content (AvgIpc) is 2.99. The molecule has 0 saturated carbocycles. The Morgan fingerprint density at radius 3 is 2.27 bits per heavy atom. The molecule has 0 bridgehead atoms. The van der Waals surface area contributed by atoms with Crippen molar-refractivity contribution in [2.24, 2.45) is 0 Å². The highest BCUT2D eigenvalue weighted by molar-refractivity contribution is 7.91. The highest BCUT2D eigenvalue weighted by Crippen LogP contribution is 2.30. The van der Waals surface area contributed by atoms with E-state index in [-0.39, 0.29) is 15.7 Å². The molecule has 0 radical (unpaired) electrons. The van der Waals surface area contributed by atoms with E-state index in [9.17, 15) is 8.42 Å². The molecule has 4 N–H and O–H groups in total. The van der Waals surface area contributed by atoms with Crippen LogP contribution in [0.2, 0.25) is 0 Å². The first kappa shape index (κ1) is 17.4. The van der Waals surface area contributed by atoms with E-state index in [0.29, 0.717) is 28.3 Å². The number of benzene rings is 2. The number of nitrogen functional groups attached to an aromatic ring is 1. The molecule has 0 fully saturated rings. The fourth-order valence-corrected chi connectivity index (χ4v) is 4.43. The van der Waals surface area contributed by atoms with E-state index in [1.807, 2.05) is 6.07 Å². The molecule has 0 aliphatic heterocycles. The van der Waals surface area contributed by atoms with Crippen LogP contribution in [0.15, 0.2) is 46.2 Å². The molecule has 0 spiro atoms. The second-order valence-electron chi connectivity index (χ2n) is 5.75. The van der Waals surface area contributed by atoms with Crippen LogP contribution in [0.5, 0.6) is 0 Å². The standard InChI is InChI=1S/C17H16N6O2S/c1-10-7-13(20-17-21-16(19)22-23-17)8-11(2)15(10)26(24,25)14-5-3-12(9-18)4-6-14/h3-8H,1-2H3,(H4,19,20,21,22,23). The number of H-pyrrole nitrogens is 1. The van der Waals surface area contributed by atoms with Gasteiger partial charge in [-0.15, -0.1) is 5.10 Å². The molecular formula is C17H16N6O2S. The van der Waals surface area contributed by atoms with Gasteiger partial charge in [-0.3, -0.25) is 0 Å². The lowest BCUT2D eigenvalue weighted by atomic mass is 10.1. The summed E-state index contributed by atoms with van der Waals surface area (Å²) in [6.07, 6.45) is 0. The summed E-state index contributed by atoms with van der Waals surface area (Å²) >= 11 is 0. The summed E-state index contributed by atoms with van der Waals surface area (Å²) in [5, 5.41) is 18.2. The molecule has 3 rings (SSSR count). The number of aryl methyl sites for hydroxylation is 2. The lowest BCUT2D eigenvalue weighted by Gasteiger charge is -2.13. The van der Waals surface area contributed by atoms with Gasteiger partial charge in [0.1, 0.15) is 0 Å². The fraction of sp³-hybridized carbons (Fsp3) is 0.118. The molecule has 1 aromatic heterocycles. The Balaban J connectivity index is 2.00. The largest absolute Gasteiger partial charge is 0.368 e. The monoisotopic (exact) mass is 368 g/mol. The van der Waals surface area contributed by atoms with E-state index in [1.54, 1.807) is 26.0 Å². The summed E-state index contributed by atoms with van der Waals surface area (Å²) in [5.74, 6) is 0.477. The van der Waals surface area contributed by atoms with Gasteiger partial charge in [0.2, 0.25) is 21.7 Å². The van der Waals surface area contributed by atoms with Gasteiger partial charge in [0.05, 0.1) is 21.4 Å². The van der Waals surface area contributed by atoms with Crippen molar-refractivity contribution in [1.82, 2.24) is 15.2 Å². The lowest BCUT2D eigenvalue weighted by Crippen LogP contribution is -2.07. The second-order valence-corrected chi connectivity index (χ2v) is 7.63. The predicted molar refractivity (Wildman–Crippen MR) is 96.6 cm³/mol. The van der Waals surface area contributed by atoms with Gasteiger partial charge in [-0.05, 0) is 61.4 Å². The van der Waals surface area contributed by atoms with Crippen LogP contribution in [0, 0.1) is 25.2 Å². The van der Waals surface area contributed by atoms with Crippen molar-refractivity contribution in [1.29, 1.82) is 5.26 Å². The number of nitrogens with one attached hydrogen (secondary N) is 2. The van der Waals surface area contributed by atoms with E-state index in [1.165, 1.54) is 24.3 Å². The second kappa shape index (κ2) is 6.50. The van der Waals surface area contributed by atoms with Gasteiger partial charge >= 0.3 is 0 Å². The Morgan fingerprint density at radius 2 is 1.77 bits per heavy atom. The number of aromatic amines is 1. The van der Waals surface area contributed by atoms with E-state index < -0.39 is 9.84 Å². The molecule has 0 aliphatic carbocycles. The first-order valence-corrected chi connectivity index (χ1v) is 9.11. The third kappa shape index (κ3) is 3.22. The van der Waals surface area contributed by atoms with Gasteiger partial charge in [-0.25, -0.2) is 13.5 Å². The summed E-state index contributed by atoms with van der Waals surface area (Å²) in [5.41, 5.74) is 7.71. The average molecular weight is 368 g/mol. The third-order valence-electron chi connectivity index (χ3n) is 3.78. The van der Waals surface area contributed by atoms with Crippen molar-refractivity contribution in [3.63, 3.8) is 0 Å². The zero-order chi connectivity index (χ0) is 18.9. The highest BCUT2D eigenvalue weighted by Gasteiger charge is 2.23. The van der Waals surface area contributed by atoms with Crippen LogP contribution >= 0.6 is 0 Å². The summed E-state index contributed by atoms with van der Waals surface area (Å²) in [4.78, 5) is 4.34. The van der Waals surface area contributed by atoms with Crippen LogP contribution in [-0.4, -0.2) is 23.6 Å². The van der Waals surface area contributed by atoms with Crippen molar-refractivity contribution >= 4 is 27.4 Å². The van der Waals surface area contributed by atoms with E-state index in [4.69, 9.17) is 11.0 Å². The van der Waals surface area contributed by atoms with Crippen molar-refractivity contribution in [3.05, 3.63) is 53.1 Å². The molecule has 0 atom stereocenters. The van der Waals surface area contributed by atoms with Crippen molar-refractivity contribution in [2.45, 2.75) is 23.6 Å². The first-order chi connectivity index (χ1) is 12.3. The molecule has 2 aromatic carbocycles. The summed E-state index contributed by atoms with van der Waals surface area (Å²) < 4.78 is 26.0. The van der Waals surface area contributed by atoms with Gasteiger partial charge in [-0.2, -0.15) is 10.2 Å². The number of nitriles is 1. The molecule has 0 unspecified atom stereocenters. The molecule has 0 aliphatic rings. The van der Waals surface area contributed by atoms with Gasteiger partial charge in [0.15, 0.2) is 0 Å². The molecule has 0 saturated heterocycles. The quantitative estimate of drug-likeness (QED) is 0.643. The number of sulfone groups is 1. The van der Waals surface area contributed by atoms with Crippen LogP contribution in [-0.2, 0) is 9.84 Å². The molecule has 0 amide bonds.